The summed E-state index contributed by atoms with van der Waals surface area (Å²) in [6, 6.07) is 5.72. The molecule has 29 heavy (non-hydrogen) atoms. The minimum atomic E-state index is -1.37. The number of aliphatic hydroxyl groups is 2. The minimum Gasteiger partial charge on any atom is -0.454 e. The fourth-order valence-corrected chi connectivity index (χ4v) is 5.20. The second-order valence-electron chi connectivity index (χ2n) is 8.83. The van der Waals surface area contributed by atoms with Crippen molar-refractivity contribution in [3.8, 4) is 11.5 Å². The summed E-state index contributed by atoms with van der Waals surface area (Å²) in [6.07, 6.45) is -0.745. The number of fused-ring (bicyclic) bond motifs is 2. The fourth-order valence-electron chi connectivity index (χ4n) is 5.20. The molecule has 0 spiro atoms. The zero-order valence-corrected chi connectivity index (χ0v) is 16.8. The Hall–Kier alpha value is -1.46. The second kappa shape index (κ2) is 7.05. The zero-order chi connectivity index (χ0) is 20.3. The lowest BCUT2D eigenvalue weighted by Gasteiger charge is -2.44. The van der Waals surface area contributed by atoms with Crippen molar-refractivity contribution in [3.63, 3.8) is 0 Å². The van der Waals surface area contributed by atoms with Crippen LogP contribution in [0.3, 0.4) is 0 Å². The SMILES string of the molecule is CN1CNC(N)C2CCN([C@@H]3O[C@H](Cc4ccc5c(c4)OCO5)[C@@](C)(O)[C@H]3O)C21. The molecule has 4 aliphatic heterocycles. The number of nitrogens with zero attached hydrogens (tertiary/aromatic N) is 2. The normalized spacial score (nSPS) is 42.4. The highest BCUT2D eigenvalue weighted by atomic mass is 16.7. The van der Waals surface area contributed by atoms with Gasteiger partial charge < -0.3 is 30.2 Å². The van der Waals surface area contributed by atoms with Gasteiger partial charge in [0.1, 0.15) is 17.9 Å². The van der Waals surface area contributed by atoms with E-state index in [-0.39, 0.29) is 25.0 Å². The molecule has 0 saturated carbocycles. The summed E-state index contributed by atoms with van der Waals surface area (Å²) in [6.45, 7) is 3.32. The highest BCUT2D eigenvalue weighted by molar-refractivity contribution is 5.44. The summed E-state index contributed by atoms with van der Waals surface area (Å²) in [5.41, 5.74) is 5.86. The molecule has 4 heterocycles. The summed E-state index contributed by atoms with van der Waals surface area (Å²) in [5, 5.41) is 25.4. The molecule has 0 aromatic heterocycles. The van der Waals surface area contributed by atoms with Crippen molar-refractivity contribution in [1.82, 2.24) is 15.1 Å². The molecule has 3 fully saturated rings. The number of nitrogens with two attached hydrogens (primary N) is 1. The van der Waals surface area contributed by atoms with Crippen molar-refractivity contribution in [1.29, 1.82) is 0 Å². The fraction of sp³-hybridized carbons (Fsp3) is 0.700. The molecule has 0 aliphatic carbocycles. The molecule has 1 aromatic carbocycles. The largest absolute Gasteiger partial charge is 0.454 e. The summed E-state index contributed by atoms with van der Waals surface area (Å²) < 4.78 is 17.1. The van der Waals surface area contributed by atoms with Crippen molar-refractivity contribution >= 4 is 0 Å². The smallest absolute Gasteiger partial charge is 0.231 e. The van der Waals surface area contributed by atoms with E-state index in [0.29, 0.717) is 18.8 Å². The molecule has 7 atom stereocenters. The standard InChI is InChI=1S/C20H30N4O5/c1-20(26)15(8-11-3-4-13-14(7-11)28-10-27-13)29-19(16(20)25)24-6-5-12-17(21)22-9-23(2)18(12)24/h3-4,7,12,15-19,22,25-26H,5-6,8-10,21H2,1-2H3/t12?,15-,16+,17?,18?,19-,20-/m1/s1. The van der Waals surface area contributed by atoms with Crippen molar-refractivity contribution in [2.45, 2.75) is 56.1 Å². The Labute approximate surface area is 170 Å². The number of benzene rings is 1. The van der Waals surface area contributed by atoms with Crippen molar-refractivity contribution in [2.24, 2.45) is 11.7 Å². The molecule has 1 aromatic rings. The lowest BCUT2D eigenvalue weighted by Crippen LogP contribution is -2.65. The van der Waals surface area contributed by atoms with E-state index in [1.165, 1.54) is 0 Å². The quantitative estimate of drug-likeness (QED) is 0.513. The molecular formula is C20H30N4O5. The monoisotopic (exact) mass is 406 g/mol. The summed E-state index contributed by atoms with van der Waals surface area (Å²) in [4.78, 5) is 4.35. The predicted octanol–water partition coefficient (Wildman–Crippen LogP) is -0.780. The Kier molecular flexibility index (Phi) is 4.74. The van der Waals surface area contributed by atoms with Gasteiger partial charge >= 0.3 is 0 Å². The molecule has 160 valence electrons. The Morgan fingerprint density at radius 2 is 2.10 bits per heavy atom. The van der Waals surface area contributed by atoms with Gasteiger partial charge in [-0.3, -0.25) is 15.1 Å². The molecule has 0 amide bonds. The van der Waals surface area contributed by atoms with Gasteiger partial charge in [0, 0.05) is 18.9 Å². The molecule has 5 N–H and O–H groups in total. The van der Waals surface area contributed by atoms with Crippen LogP contribution in [-0.2, 0) is 11.2 Å². The Morgan fingerprint density at radius 1 is 1.31 bits per heavy atom. The first-order chi connectivity index (χ1) is 13.9. The molecule has 0 radical (unpaired) electrons. The van der Waals surface area contributed by atoms with Crippen LogP contribution in [0.4, 0.5) is 0 Å². The van der Waals surface area contributed by atoms with Crippen molar-refractivity contribution < 1.29 is 24.4 Å². The molecule has 3 saturated heterocycles. The number of nitrogens with one attached hydrogen (secondary N) is 1. The van der Waals surface area contributed by atoms with Crippen LogP contribution in [-0.4, -0.2) is 83.4 Å². The minimum absolute atomic E-state index is 0.0750. The van der Waals surface area contributed by atoms with Crippen LogP contribution in [0.15, 0.2) is 18.2 Å². The molecule has 9 heteroatoms. The molecule has 9 nitrogen and oxygen atoms in total. The number of ether oxygens (including phenoxy) is 3. The van der Waals surface area contributed by atoms with Crippen LogP contribution in [0.1, 0.15) is 18.9 Å². The van der Waals surface area contributed by atoms with Crippen LogP contribution in [0.5, 0.6) is 11.5 Å². The van der Waals surface area contributed by atoms with Crippen LogP contribution in [0.25, 0.3) is 0 Å². The summed E-state index contributed by atoms with van der Waals surface area (Å²) in [5.74, 6) is 1.67. The van der Waals surface area contributed by atoms with Crippen LogP contribution >= 0.6 is 0 Å². The average Bonchev–Trinajstić information content (AvgIpc) is 3.38. The van der Waals surface area contributed by atoms with E-state index in [4.69, 9.17) is 19.9 Å². The van der Waals surface area contributed by atoms with Gasteiger partial charge in [0.25, 0.3) is 0 Å². The molecule has 4 aliphatic rings. The van der Waals surface area contributed by atoms with E-state index >= 15 is 0 Å². The molecule has 3 unspecified atom stereocenters. The maximum atomic E-state index is 11.1. The first-order valence-corrected chi connectivity index (χ1v) is 10.3. The maximum Gasteiger partial charge on any atom is 0.231 e. The second-order valence-corrected chi connectivity index (χ2v) is 8.83. The van der Waals surface area contributed by atoms with E-state index in [2.05, 4.69) is 15.1 Å². The topological polar surface area (TPSA) is 113 Å². The lowest BCUT2D eigenvalue weighted by molar-refractivity contribution is -0.131. The number of aliphatic hydroxyl groups excluding tert-OH is 1. The van der Waals surface area contributed by atoms with Gasteiger partial charge in [0.2, 0.25) is 6.79 Å². The van der Waals surface area contributed by atoms with Gasteiger partial charge in [-0.25, -0.2) is 0 Å². The van der Waals surface area contributed by atoms with E-state index in [1.54, 1.807) is 6.92 Å². The van der Waals surface area contributed by atoms with Gasteiger partial charge in [-0.05, 0) is 38.1 Å². The summed E-state index contributed by atoms with van der Waals surface area (Å²) in [7, 11) is 2.04. The number of rotatable bonds is 3. The number of hydrogen-bond donors (Lipinski definition) is 4. The zero-order valence-electron chi connectivity index (χ0n) is 16.8. The van der Waals surface area contributed by atoms with Crippen molar-refractivity contribution in [3.05, 3.63) is 23.8 Å². The number of likely N-dealkylation sites (tertiary alicyclic amines) is 1. The van der Waals surface area contributed by atoms with E-state index in [1.807, 2.05) is 25.2 Å². The summed E-state index contributed by atoms with van der Waals surface area (Å²) >= 11 is 0. The first-order valence-electron chi connectivity index (χ1n) is 10.3. The molecule has 5 rings (SSSR count). The van der Waals surface area contributed by atoms with Gasteiger partial charge in [-0.2, -0.15) is 0 Å². The van der Waals surface area contributed by atoms with Crippen LogP contribution in [0, 0.1) is 5.92 Å². The molecular weight excluding hydrogens is 376 g/mol. The predicted molar refractivity (Wildman–Crippen MR) is 104 cm³/mol. The van der Waals surface area contributed by atoms with Gasteiger partial charge in [-0.1, -0.05) is 6.07 Å². The van der Waals surface area contributed by atoms with Crippen LogP contribution in [0.2, 0.25) is 0 Å². The third-order valence-corrected chi connectivity index (χ3v) is 6.94. The highest BCUT2D eigenvalue weighted by Gasteiger charge is 2.57. The third kappa shape index (κ3) is 3.12. The molecule has 0 bridgehead atoms. The van der Waals surface area contributed by atoms with E-state index in [0.717, 1.165) is 24.3 Å². The third-order valence-electron chi connectivity index (χ3n) is 6.94. The highest BCUT2D eigenvalue weighted by Crippen LogP contribution is 2.41. The number of hydrogen-bond acceptors (Lipinski definition) is 9. The van der Waals surface area contributed by atoms with Gasteiger partial charge in [0.15, 0.2) is 11.5 Å². The average molecular weight is 406 g/mol. The van der Waals surface area contributed by atoms with Gasteiger partial charge in [-0.15, -0.1) is 0 Å². The Balaban J connectivity index is 1.35. The van der Waals surface area contributed by atoms with Crippen LogP contribution < -0.4 is 20.5 Å². The maximum absolute atomic E-state index is 11.1. The van der Waals surface area contributed by atoms with Gasteiger partial charge in [0.05, 0.1) is 25.1 Å². The van der Waals surface area contributed by atoms with E-state index in [9.17, 15) is 10.2 Å². The van der Waals surface area contributed by atoms with E-state index < -0.39 is 24.0 Å². The Bertz CT molecular complexity index is 777. The van der Waals surface area contributed by atoms with Crippen molar-refractivity contribution in [2.75, 3.05) is 27.1 Å². The lowest BCUT2D eigenvalue weighted by atomic mass is 9.90. The Morgan fingerprint density at radius 3 is 2.93 bits per heavy atom. The first kappa shape index (κ1) is 19.5.